The van der Waals surface area contributed by atoms with Crippen LogP contribution in [0, 0.1) is 6.92 Å². The van der Waals surface area contributed by atoms with Gasteiger partial charge in [-0.15, -0.1) is 0 Å². The molecule has 0 aliphatic carbocycles. The van der Waals surface area contributed by atoms with Gasteiger partial charge in [0.05, 0.1) is 12.2 Å². The van der Waals surface area contributed by atoms with E-state index in [2.05, 4.69) is 26.2 Å². The summed E-state index contributed by atoms with van der Waals surface area (Å²) in [6.45, 7) is 7.66. The number of nitrogens with zero attached hydrogens (tertiary/aromatic N) is 3. The molecule has 0 saturated carbocycles. The Morgan fingerprint density at radius 1 is 1.38 bits per heavy atom. The summed E-state index contributed by atoms with van der Waals surface area (Å²) < 4.78 is 7.78. The Morgan fingerprint density at radius 2 is 2.10 bits per heavy atom. The minimum Gasteiger partial charge on any atom is -0.444 e. The van der Waals surface area contributed by atoms with Crippen molar-refractivity contribution in [3.63, 3.8) is 0 Å². The zero-order valence-corrected chi connectivity index (χ0v) is 18.6. The molecule has 156 valence electrons. The molecule has 0 bridgehead atoms. The van der Waals surface area contributed by atoms with Crippen molar-refractivity contribution >= 4 is 33.6 Å². The molecule has 1 N–H and O–H groups in total. The molecule has 2 aromatic rings. The van der Waals surface area contributed by atoms with Gasteiger partial charge in [0.2, 0.25) is 5.91 Å². The van der Waals surface area contributed by atoms with Crippen LogP contribution in [0.15, 0.2) is 27.6 Å². The fourth-order valence-electron chi connectivity index (χ4n) is 3.26. The second kappa shape index (κ2) is 8.14. The molecule has 3 heterocycles. The molecule has 2 aromatic heterocycles. The van der Waals surface area contributed by atoms with Crippen molar-refractivity contribution in [1.29, 1.82) is 0 Å². The summed E-state index contributed by atoms with van der Waals surface area (Å²) in [7, 11) is 0. The number of ether oxygens (including phenoxy) is 1. The smallest absolute Gasteiger partial charge is 0.410 e. The van der Waals surface area contributed by atoms with Crippen LogP contribution in [0.1, 0.15) is 44.9 Å². The number of pyridine rings is 1. The van der Waals surface area contributed by atoms with Gasteiger partial charge in [0, 0.05) is 35.7 Å². The number of halogens is 1. The quantitative estimate of drug-likeness (QED) is 0.750. The van der Waals surface area contributed by atoms with E-state index in [1.165, 1.54) is 15.4 Å². The van der Waals surface area contributed by atoms with Crippen LogP contribution in [0.4, 0.5) is 4.79 Å². The average molecular weight is 465 g/mol. The molecule has 8 nitrogen and oxygen atoms in total. The van der Waals surface area contributed by atoms with Crippen molar-refractivity contribution < 1.29 is 14.3 Å². The number of hydrogen-bond acceptors (Lipinski definition) is 5. The predicted octanol–water partition coefficient (Wildman–Crippen LogP) is 2.78. The summed E-state index contributed by atoms with van der Waals surface area (Å²) in [5.41, 5.74) is 0.954. The third kappa shape index (κ3) is 5.35. The van der Waals surface area contributed by atoms with Crippen molar-refractivity contribution in [2.24, 2.45) is 0 Å². The molecule has 3 rings (SSSR count). The molecule has 1 saturated heterocycles. The summed E-state index contributed by atoms with van der Waals surface area (Å²) in [6, 6.07) is 3.16. The van der Waals surface area contributed by atoms with Gasteiger partial charge in [0.15, 0.2) is 0 Å². The van der Waals surface area contributed by atoms with Crippen molar-refractivity contribution in [3.05, 3.63) is 44.4 Å². The van der Waals surface area contributed by atoms with Gasteiger partial charge in [-0.2, -0.15) is 0 Å². The first kappa shape index (κ1) is 21.3. The molecule has 1 aliphatic heterocycles. The summed E-state index contributed by atoms with van der Waals surface area (Å²) in [5, 5.41) is 2.86. The highest BCUT2D eigenvalue weighted by atomic mass is 79.9. The fourth-order valence-corrected chi connectivity index (χ4v) is 3.81. The SMILES string of the molecule is Cc1cc(Br)cn2c(=O)cc(CN(C[C@@H]3CCC(=O)N3)C(=O)OC(C)(C)C)nc12. The lowest BCUT2D eigenvalue weighted by atomic mass is 10.2. The number of amides is 2. The van der Waals surface area contributed by atoms with Crippen molar-refractivity contribution in [2.45, 2.75) is 58.7 Å². The molecule has 29 heavy (non-hydrogen) atoms. The van der Waals surface area contributed by atoms with Crippen LogP contribution in [0.2, 0.25) is 0 Å². The standard InChI is InChI=1S/C20H25BrN4O4/c1-12-7-13(21)9-25-17(27)8-15(23-18(12)25)11-24(19(28)29-20(2,3)4)10-14-5-6-16(26)22-14/h7-9,14H,5-6,10-11H2,1-4H3,(H,22,26)/t14-/m0/s1. The lowest BCUT2D eigenvalue weighted by molar-refractivity contribution is -0.119. The molecule has 0 radical (unpaired) electrons. The van der Waals surface area contributed by atoms with Gasteiger partial charge in [0.25, 0.3) is 5.56 Å². The number of rotatable bonds is 4. The summed E-state index contributed by atoms with van der Waals surface area (Å²) in [5.74, 6) is -0.0255. The number of aryl methyl sites for hydroxylation is 1. The van der Waals surface area contributed by atoms with E-state index in [0.29, 0.717) is 30.7 Å². The van der Waals surface area contributed by atoms with Gasteiger partial charge in [-0.3, -0.25) is 14.0 Å². The number of fused-ring (bicyclic) bond motifs is 1. The largest absolute Gasteiger partial charge is 0.444 e. The Labute approximate surface area is 177 Å². The number of aromatic nitrogens is 2. The maximum Gasteiger partial charge on any atom is 0.410 e. The van der Waals surface area contributed by atoms with E-state index in [1.54, 1.807) is 27.0 Å². The van der Waals surface area contributed by atoms with Crippen LogP contribution in [-0.4, -0.2) is 44.5 Å². The Morgan fingerprint density at radius 3 is 2.72 bits per heavy atom. The van der Waals surface area contributed by atoms with Crippen LogP contribution in [-0.2, 0) is 16.1 Å². The normalized spacial score (nSPS) is 16.7. The van der Waals surface area contributed by atoms with Crippen molar-refractivity contribution in [3.8, 4) is 0 Å². The molecular formula is C20H25BrN4O4. The first-order valence-electron chi connectivity index (χ1n) is 9.47. The zero-order valence-electron chi connectivity index (χ0n) is 17.0. The average Bonchev–Trinajstić information content (AvgIpc) is 2.99. The molecule has 0 unspecified atom stereocenters. The van der Waals surface area contributed by atoms with Crippen LogP contribution in [0.25, 0.3) is 5.65 Å². The van der Waals surface area contributed by atoms with E-state index < -0.39 is 11.7 Å². The van der Waals surface area contributed by atoms with Crippen LogP contribution >= 0.6 is 15.9 Å². The van der Waals surface area contributed by atoms with Gasteiger partial charge >= 0.3 is 6.09 Å². The Hall–Kier alpha value is -2.42. The van der Waals surface area contributed by atoms with E-state index >= 15 is 0 Å². The van der Waals surface area contributed by atoms with E-state index in [4.69, 9.17) is 4.74 Å². The highest BCUT2D eigenvalue weighted by molar-refractivity contribution is 9.10. The van der Waals surface area contributed by atoms with E-state index in [1.807, 2.05) is 13.0 Å². The zero-order chi connectivity index (χ0) is 21.3. The topological polar surface area (TPSA) is 93.0 Å². The summed E-state index contributed by atoms with van der Waals surface area (Å²) in [6.07, 6.45) is 2.25. The molecular weight excluding hydrogens is 440 g/mol. The number of hydrogen-bond donors (Lipinski definition) is 1. The summed E-state index contributed by atoms with van der Waals surface area (Å²) in [4.78, 5) is 43.0. The molecule has 2 amide bonds. The van der Waals surface area contributed by atoms with Gasteiger partial charge in [-0.05, 0) is 61.7 Å². The number of carbonyl (C=O) groups excluding carboxylic acids is 2. The van der Waals surface area contributed by atoms with Crippen LogP contribution in [0.3, 0.4) is 0 Å². The monoisotopic (exact) mass is 464 g/mol. The number of nitrogens with one attached hydrogen (secondary N) is 1. The van der Waals surface area contributed by atoms with Crippen LogP contribution in [0.5, 0.6) is 0 Å². The Balaban J connectivity index is 1.91. The lowest BCUT2D eigenvalue weighted by Crippen LogP contribution is -2.44. The van der Waals surface area contributed by atoms with Crippen molar-refractivity contribution in [1.82, 2.24) is 19.6 Å². The van der Waals surface area contributed by atoms with Gasteiger partial charge in [-0.1, -0.05) is 0 Å². The highest BCUT2D eigenvalue weighted by Gasteiger charge is 2.28. The fraction of sp³-hybridized carbons (Fsp3) is 0.500. The Kier molecular flexibility index (Phi) is 5.97. The third-order valence-corrected chi connectivity index (χ3v) is 4.93. The third-order valence-electron chi connectivity index (χ3n) is 4.50. The van der Waals surface area contributed by atoms with E-state index in [9.17, 15) is 14.4 Å². The van der Waals surface area contributed by atoms with Crippen LogP contribution < -0.4 is 10.9 Å². The molecule has 0 spiro atoms. The second-order valence-electron chi connectivity index (χ2n) is 8.28. The second-order valence-corrected chi connectivity index (χ2v) is 9.20. The number of carbonyl (C=O) groups is 2. The maximum atomic E-state index is 12.8. The Bertz CT molecular complexity index is 1010. The van der Waals surface area contributed by atoms with Gasteiger partial charge in [0.1, 0.15) is 11.2 Å². The predicted molar refractivity (Wildman–Crippen MR) is 112 cm³/mol. The maximum absolute atomic E-state index is 12.8. The molecule has 1 aliphatic rings. The minimum absolute atomic E-state index is 0.0255. The van der Waals surface area contributed by atoms with E-state index in [0.717, 1.165) is 10.0 Å². The lowest BCUT2D eigenvalue weighted by Gasteiger charge is -2.29. The van der Waals surface area contributed by atoms with Crippen molar-refractivity contribution in [2.75, 3.05) is 6.54 Å². The molecule has 1 fully saturated rings. The minimum atomic E-state index is -0.659. The highest BCUT2D eigenvalue weighted by Crippen LogP contribution is 2.17. The van der Waals surface area contributed by atoms with Gasteiger partial charge < -0.3 is 15.0 Å². The molecule has 1 atom stereocenters. The van der Waals surface area contributed by atoms with E-state index in [-0.39, 0.29) is 24.1 Å². The molecule has 0 aromatic carbocycles. The first-order valence-corrected chi connectivity index (χ1v) is 10.3. The summed E-state index contributed by atoms with van der Waals surface area (Å²) >= 11 is 3.39. The van der Waals surface area contributed by atoms with Gasteiger partial charge in [-0.25, -0.2) is 9.78 Å². The first-order chi connectivity index (χ1) is 13.5. The molecule has 9 heteroatoms.